The maximum Gasteiger partial charge on any atom is 0.236 e. The molecule has 4 N–H and O–H groups in total. The lowest BCUT2D eigenvalue weighted by Gasteiger charge is -2.13. The van der Waals surface area contributed by atoms with Crippen LogP contribution in [0.5, 0.6) is 0 Å². The van der Waals surface area contributed by atoms with Crippen molar-refractivity contribution in [2.75, 3.05) is 11.9 Å². The molecule has 0 amide bonds. The number of hydrogen-bond donors (Lipinski definition) is 4. The Kier molecular flexibility index (Phi) is 3.81. The zero-order valence-electron chi connectivity index (χ0n) is 12.3. The van der Waals surface area contributed by atoms with E-state index < -0.39 is 8.32 Å². The number of anilines is 1. The summed E-state index contributed by atoms with van der Waals surface area (Å²) in [7, 11) is -2.01. The van der Waals surface area contributed by atoms with Crippen molar-refractivity contribution in [3.63, 3.8) is 0 Å². The molecular formula is C11H17N9OSi. The van der Waals surface area contributed by atoms with E-state index >= 15 is 0 Å². The van der Waals surface area contributed by atoms with Gasteiger partial charge in [0.1, 0.15) is 6.33 Å². The predicted molar refractivity (Wildman–Crippen MR) is 83.4 cm³/mol. The van der Waals surface area contributed by atoms with E-state index in [1.54, 1.807) is 0 Å². The molecule has 3 aromatic rings. The van der Waals surface area contributed by atoms with Crippen LogP contribution in [0.2, 0.25) is 19.1 Å². The van der Waals surface area contributed by atoms with Crippen LogP contribution < -0.4 is 5.32 Å². The second kappa shape index (κ2) is 5.77. The fourth-order valence-corrected chi connectivity index (χ4v) is 2.95. The smallest absolute Gasteiger partial charge is 0.236 e. The normalized spacial score (nSPS) is 12.0. The molecule has 3 heterocycles. The molecule has 0 aliphatic heterocycles. The third kappa shape index (κ3) is 3.83. The van der Waals surface area contributed by atoms with Crippen molar-refractivity contribution in [3.8, 4) is 0 Å². The number of aromatic amines is 2. The van der Waals surface area contributed by atoms with Gasteiger partial charge in [0, 0.05) is 6.54 Å². The van der Waals surface area contributed by atoms with E-state index in [9.17, 15) is 4.80 Å². The van der Waals surface area contributed by atoms with E-state index in [1.165, 1.54) is 6.33 Å². The lowest BCUT2D eigenvalue weighted by Crippen LogP contribution is -2.25. The van der Waals surface area contributed by atoms with E-state index in [2.05, 4.69) is 45.2 Å². The maximum absolute atomic E-state index is 9.82. The highest BCUT2D eigenvalue weighted by Crippen LogP contribution is 2.08. The van der Waals surface area contributed by atoms with E-state index in [0.717, 1.165) is 12.5 Å². The standard InChI is InChI=1S/C11H17N9OSi/c1-22(2,21)5-3-4-12-7-16-10-18-8-13-6-14-9(15-8)19-11(17-7)20-10/h6,21H,3-5H2,1-2H3,(H3,12,13,14,15,16,17,18,19,20). The molecule has 116 valence electrons. The van der Waals surface area contributed by atoms with Crippen molar-refractivity contribution >= 4 is 37.4 Å². The molecule has 0 aromatic carbocycles. The Morgan fingerprint density at radius 3 is 2.18 bits per heavy atom. The van der Waals surface area contributed by atoms with E-state index in [4.69, 9.17) is 0 Å². The van der Waals surface area contributed by atoms with Gasteiger partial charge >= 0.3 is 0 Å². The Labute approximate surface area is 126 Å². The number of H-pyrrole nitrogens is 2. The minimum atomic E-state index is -2.01. The third-order valence-electron chi connectivity index (χ3n) is 2.90. The molecule has 0 atom stereocenters. The highest BCUT2D eigenvalue weighted by atomic mass is 28.4. The molecule has 10 nitrogen and oxygen atoms in total. The summed E-state index contributed by atoms with van der Waals surface area (Å²) in [6.07, 6.45) is 2.25. The van der Waals surface area contributed by atoms with Crippen molar-refractivity contribution in [3.05, 3.63) is 6.33 Å². The van der Waals surface area contributed by atoms with Crippen LogP contribution in [0.15, 0.2) is 6.33 Å². The molecule has 4 bridgehead atoms. The number of nitrogens with zero attached hydrogens (tertiary/aromatic N) is 6. The second-order valence-corrected chi connectivity index (χ2v) is 9.66. The zero-order chi connectivity index (χ0) is 15.6. The highest BCUT2D eigenvalue weighted by Gasteiger charge is 2.15. The Morgan fingerprint density at radius 1 is 1.00 bits per heavy atom. The molecule has 11 heteroatoms. The predicted octanol–water partition coefficient (Wildman–Crippen LogP) is 0.581. The molecule has 0 unspecified atom stereocenters. The molecule has 0 fully saturated rings. The summed E-state index contributed by atoms with van der Waals surface area (Å²) >= 11 is 0. The fourth-order valence-electron chi connectivity index (χ4n) is 1.90. The maximum atomic E-state index is 9.82. The number of aromatic nitrogens is 8. The quantitative estimate of drug-likeness (QED) is 0.395. The average molecular weight is 319 g/mol. The van der Waals surface area contributed by atoms with Gasteiger partial charge in [-0.1, -0.05) is 0 Å². The van der Waals surface area contributed by atoms with Gasteiger partial charge in [0.25, 0.3) is 0 Å². The number of nitrogens with one attached hydrogen (secondary N) is 3. The van der Waals surface area contributed by atoms with Gasteiger partial charge in [0.2, 0.25) is 29.1 Å². The molecular weight excluding hydrogens is 302 g/mol. The van der Waals surface area contributed by atoms with E-state index in [1.807, 2.05) is 13.1 Å². The Hall–Kier alpha value is -2.40. The molecule has 3 aromatic heterocycles. The van der Waals surface area contributed by atoms with Crippen molar-refractivity contribution in [1.82, 2.24) is 39.9 Å². The minimum absolute atomic E-state index is 0.355. The largest absolute Gasteiger partial charge is 0.432 e. The van der Waals surface area contributed by atoms with Crippen molar-refractivity contribution in [2.24, 2.45) is 0 Å². The van der Waals surface area contributed by atoms with Crippen LogP contribution in [-0.2, 0) is 0 Å². The van der Waals surface area contributed by atoms with Gasteiger partial charge in [-0.05, 0) is 25.6 Å². The first-order chi connectivity index (χ1) is 10.5. The minimum Gasteiger partial charge on any atom is -0.432 e. The van der Waals surface area contributed by atoms with Gasteiger partial charge in [-0.25, -0.2) is 9.97 Å². The van der Waals surface area contributed by atoms with Gasteiger partial charge in [-0.2, -0.15) is 19.9 Å². The summed E-state index contributed by atoms with van der Waals surface area (Å²) in [6, 6.07) is 0.823. The van der Waals surface area contributed by atoms with Crippen LogP contribution in [0, 0.1) is 0 Å². The van der Waals surface area contributed by atoms with Crippen LogP contribution in [-0.4, -0.2) is 59.5 Å². The summed E-state index contributed by atoms with van der Waals surface area (Å²) in [5, 5.41) is 3.13. The Balaban J connectivity index is 1.82. The van der Waals surface area contributed by atoms with Crippen LogP contribution in [0.25, 0.3) is 23.1 Å². The third-order valence-corrected chi connectivity index (χ3v) is 4.48. The van der Waals surface area contributed by atoms with E-state index in [-0.39, 0.29) is 0 Å². The molecule has 0 aliphatic rings. The number of hydrogen-bond acceptors (Lipinski definition) is 8. The summed E-state index contributed by atoms with van der Waals surface area (Å²) in [5.74, 6) is 1.90. The lowest BCUT2D eigenvalue weighted by atomic mass is 10.5. The Morgan fingerprint density at radius 2 is 1.59 bits per heavy atom. The first-order valence-corrected chi connectivity index (χ1v) is 10.1. The van der Waals surface area contributed by atoms with Crippen molar-refractivity contribution in [1.29, 1.82) is 0 Å². The number of rotatable bonds is 5. The van der Waals surface area contributed by atoms with Crippen LogP contribution in [0.4, 0.5) is 5.95 Å². The summed E-state index contributed by atoms with van der Waals surface area (Å²) in [5.41, 5.74) is 0. The summed E-state index contributed by atoms with van der Waals surface area (Å²) in [4.78, 5) is 40.4. The topological polar surface area (TPSA) is 141 Å². The first kappa shape index (κ1) is 14.5. The lowest BCUT2D eigenvalue weighted by molar-refractivity contribution is 0.545. The van der Waals surface area contributed by atoms with Gasteiger partial charge in [0.15, 0.2) is 8.32 Å². The zero-order valence-corrected chi connectivity index (χ0v) is 13.3. The Bertz CT molecular complexity index is 757. The van der Waals surface area contributed by atoms with Gasteiger partial charge < -0.3 is 10.1 Å². The highest BCUT2D eigenvalue weighted by molar-refractivity contribution is 6.69. The van der Waals surface area contributed by atoms with Gasteiger partial charge in [-0.3, -0.25) is 9.97 Å². The second-order valence-electron chi connectivity index (χ2n) is 5.53. The molecule has 0 saturated carbocycles. The molecule has 0 aliphatic carbocycles. The molecule has 0 radical (unpaired) electrons. The van der Waals surface area contributed by atoms with Crippen molar-refractivity contribution in [2.45, 2.75) is 25.6 Å². The van der Waals surface area contributed by atoms with Crippen LogP contribution >= 0.6 is 0 Å². The molecule has 3 rings (SSSR count). The van der Waals surface area contributed by atoms with Gasteiger partial charge in [0.05, 0.1) is 0 Å². The monoisotopic (exact) mass is 319 g/mol. The summed E-state index contributed by atoms with van der Waals surface area (Å²) in [6.45, 7) is 4.53. The SMILES string of the molecule is C[Si](C)(O)CCCNc1nc2nc(n1)[nH]c1ncnc(n1)[nH]2. The molecule has 22 heavy (non-hydrogen) atoms. The van der Waals surface area contributed by atoms with Crippen LogP contribution in [0.3, 0.4) is 0 Å². The van der Waals surface area contributed by atoms with E-state index in [0.29, 0.717) is 35.6 Å². The number of fused-ring (bicyclic) bond motifs is 4. The average Bonchev–Trinajstić information content (AvgIpc) is 2.42. The molecule has 0 saturated heterocycles. The molecule has 0 spiro atoms. The van der Waals surface area contributed by atoms with Crippen LogP contribution in [0.1, 0.15) is 6.42 Å². The summed E-state index contributed by atoms with van der Waals surface area (Å²) < 4.78 is 0. The van der Waals surface area contributed by atoms with Gasteiger partial charge in [-0.15, -0.1) is 0 Å². The first-order valence-electron chi connectivity index (χ1n) is 6.93. The van der Waals surface area contributed by atoms with Crippen molar-refractivity contribution < 1.29 is 4.80 Å². The fraction of sp³-hybridized carbons (Fsp3) is 0.455.